The first-order chi connectivity index (χ1) is 12.9. The summed E-state index contributed by atoms with van der Waals surface area (Å²) < 4.78 is 31.6. The van der Waals surface area contributed by atoms with E-state index in [-0.39, 0.29) is 18.1 Å². The van der Waals surface area contributed by atoms with Crippen LogP contribution in [0.15, 0.2) is 53.1 Å². The minimum absolute atomic E-state index is 0.00596. The first kappa shape index (κ1) is 18.5. The largest absolute Gasteiger partial charge is 0.461 e. The van der Waals surface area contributed by atoms with Crippen molar-refractivity contribution in [2.45, 2.75) is 6.54 Å². The van der Waals surface area contributed by atoms with E-state index in [1.54, 1.807) is 24.3 Å². The number of halogens is 2. The molecule has 2 heterocycles. The van der Waals surface area contributed by atoms with Crippen LogP contribution in [0.4, 0.5) is 14.5 Å². The Kier molecular flexibility index (Phi) is 5.41. The fourth-order valence-electron chi connectivity index (χ4n) is 2.14. The normalized spacial score (nSPS) is 10.4. The summed E-state index contributed by atoms with van der Waals surface area (Å²) in [5.74, 6) is -3.86. The lowest BCUT2D eigenvalue weighted by molar-refractivity contribution is -0.136. The molecule has 0 aliphatic rings. The lowest BCUT2D eigenvalue weighted by Crippen LogP contribution is -2.35. The van der Waals surface area contributed by atoms with Gasteiger partial charge in [-0.05, 0) is 36.4 Å². The van der Waals surface area contributed by atoms with Crippen molar-refractivity contribution in [3.8, 4) is 0 Å². The molecule has 0 atom stereocenters. The summed E-state index contributed by atoms with van der Waals surface area (Å²) in [4.78, 5) is 36.8. The number of amides is 2. The average Bonchev–Trinajstić information content (AvgIpc) is 3.34. The first-order valence-electron chi connectivity index (χ1n) is 7.65. The number of anilines is 1. The third-order valence-corrected chi connectivity index (χ3v) is 4.52. The zero-order chi connectivity index (χ0) is 19.4. The van der Waals surface area contributed by atoms with Crippen LogP contribution in [0, 0.1) is 11.6 Å². The number of hydrogen-bond donors (Lipinski definition) is 2. The Bertz CT molecular complexity index is 999. The number of carbonyl (C=O) groups is 3. The van der Waals surface area contributed by atoms with Gasteiger partial charge in [-0.2, -0.15) is 0 Å². The Morgan fingerprint density at radius 2 is 1.85 bits per heavy atom. The third-order valence-electron chi connectivity index (χ3n) is 3.44. The molecule has 0 aliphatic carbocycles. The fraction of sp³-hybridized carbons (Fsp3) is 0.0556. The van der Waals surface area contributed by atoms with Gasteiger partial charge in [-0.3, -0.25) is 14.4 Å². The van der Waals surface area contributed by atoms with Crippen molar-refractivity contribution in [1.82, 2.24) is 5.32 Å². The fourth-order valence-corrected chi connectivity index (χ4v) is 3.04. The Labute approximate surface area is 155 Å². The van der Waals surface area contributed by atoms with E-state index >= 15 is 0 Å². The van der Waals surface area contributed by atoms with Gasteiger partial charge < -0.3 is 15.1 Å². The predicted molar refractivity (Wildman–Crippen MR) is 93.3 cm³/mol. The molecular formula is C18H12F2N2O4S. The predicted octanol–water partition coefficient (Wildman–Crippen LogP) is 3.11. The molecule has 0 spiro atoms. The Morgan fingerprint density at radius 1 is 1.04 bits per heavy atom. The van der Waals surface area contributed by atoms with Crippen LogP contribution in [0.5, 0.6) is 0 Å². The van der Waals surface area contributed by atoms with Crippen LogP contribution in [0.3, 0.4) is 0 Å². The number of ketones is 1. The van der Waals surface area contributed by atoms with Crippen molar-refractivity contribution in [3.05, 3.63) is 75.9 Å². The summed E-state index contributed by atoms with van der Waals surface area (Å²) in [6, 6.07) is 8.85. The molecule has 2 aromatic heterocycles. The minimum Gasteiger partial charge on any atom is -0.461 e. The van der Waals surface area contributed by atoms with Crippen LogP contribution >= 0.6 is 11.3 Å². The highest BCUT2D eigenvalue weighted by Gasteiger charge is 2.18. The van der Waals surface area contributed by atoms with E-state index in [2.05, 4.69) is 5.32 Å². The monoisotopic (exact) mass is 390 g/mol. The van der Waals surface area contributed by atoms with E-state index in [1.807, 2.05) is 5.32 Å². The maximum atomic E-state index is 13.5. The second-order valence-corrected chi connectivity index (χ2v) is 6.50. The van der Waals surface area contributed by atoms with E-state index in [9.17, 15) is 23.2 Å². The standard InChI is InChI=1S/C18H12F2N2O4S/c19-10-3-5-12(20)13(8-10)22-18(25)17(24)21-9-11-4-6-15(27-11)16(23)14-2-1-7-26-14/h1-8H,9H2,(H,21,24)(H,22,25). The second kappa shape index (κ2) is 7.92. The molecular weight excluding hydrogens is 378 g/mol. The number of hydrogen-bond acceptors (Lipinski definition) is 5. The second-order valence-electron chi connectivity index (χ2n) is 5.33. The van der Waals surface area contributed by atoms with Crippen LogP contribution < -0.4 is 10.6 Å². The first-order valence-corrected chi connectivity index (χ1v) is 8.47. The van der Waals surface area contributed by atoms with Gasteiger partial charge in [0.2, 0.25) is 5.78 Å². The highest BCUT2D eigenvalue weighted by molar-refractivity contribution is 7.14. The molecule has 9 heteroatoms. The van der Waals surface area contributed by atoms with Gasteiger partial charge in [-0.25, -0.2) is 8.78 Å². The third kappa shape index (κ3) is 4.45. The van der Waals surface area contributed by atoms with Gasteiger partial charge in [0.05, 0.1) is 23.4 Å². The van der Waals surface area contributed by atoms with E-state index in [1.165, 1.54) is 6.26 Å². The van der Waals surface area contributed by atoms with Crippen molar-refractivity contribution in [1.29, 1.82) is 0 Å². The molecule has 0 unspecified atom stereocenters. The molecule has 0 bridgehead atoms. The topological polar surface area (TPSA) is 88.4 Å². The van der Waals surface area contributed by atoms with Crippen molar-refractivity contribution >= 4 is 34.6 Å². The lowest BCUT2D eigenvalue weighted by atomic mass is 10.2. The summed E-state index contributed by atoms with van der Waals surface area (Å²) in [5.41, 5.74) is -0.433. The Morgan fingerprint density at radius 3 is 2.59 bits per heavy atom. The summed E-state index contributed by atoms with van der Waals surface area (Å²) in [6.45, 7) is -0.00596. The lowest BCUT2D eigenvalue weighted by Gasteiger charge is -2.06. The van der Waals surface area contributed by atoms with Gasteiger partial charge >= 0.3 is 11.8 Å². The highest BCUT2D eigenvalue weighted by Crippen LogP contribution is 2.20. The summed E-state index contributed by atoms with van der Waals surface area (Å²) in [7, 11) is 0. The van der Waals surface area contributed by atoms with Crippen LogP contribution in [0.1, 0.15) is 20.3 Å². The van der Waals surface area contributed by atoms with E-state index in [0.29, 0.717) is 9.75 Å². The Hall–Kier alpha value is -3.33. The number of nitrogens with one attached hydrogen (secondary N) is 2. The zero-order valence-corrected chi connectivity index (χ0v) is 14.4. The molecule has 0 saturated carbocycles. The van der Waals surface area contributed by atoms with Crippen LogP contribution in [-0.4, -0.2) is 17.6 Å². The molecule has 6 nitrogen and oxygen atoms in total. The number of thiophene rings is 1. The molecule has 27 heavy (non-hydrogen) atoms. The SMILES string of the molecule is O=C(NCc1ccc(C(=O)c2ccco2)s1)C(=O)Nc1cc(F)ccc1F. The van der Waals surface area contributed by atoms with Crippen LogP contribution in [-0.2, 0) is 16.1 Å². The minimum atomic E-state index is -1.14. The molecule has 1 aromatic carbocycles. The van der Waals surface area contributed by atoms with Crippen molar-refractivity contribution in [2.24, 2.45) is 0 Å². The quantitative estimate of drug-likeness (QED) is 0.518. The van der Waals surface area contributed by atoms with Gasteiger partial charge in [-0.1, -0.05) is 0 Å². The average molecular weight is 390 g/mol. The summed E-state index contributed by atoms with van der Waals surface area (Å²) >= 11 is 1.14. The van der Waals surface area contributed by atoms with Gasteiger partial charge in [-0.15, -0.1) is 11.3 Å². The molecule has 0 fully saturated rings. The number of carbonyl (C=O) groups excluding carboxylic acids is 3. The smallest absolute Gasteiger partial charge is 0.313 e. The van der Waals surface area contributed by atoms with Gasteiger partial charge in [0.1, 0.15) is 11.6 Å². The Balaban J connectivity index is 1.57. The van der Waals surface area contributed by atoms with Crippen molar-refractivity contribution in [2.75, 3.05) is 5.32 Å². The number of furan rings is 1. The molecule has 0 radical (unpaired) electrons. The van der Waals surface area contributed by atoms with Crippen LogP contribution in [0.25, 0.3) is 0 Å². The van der Waals surface area contributed by atoms with Crippen molar-refractivity contribution < 1.29 is 27.6 Å². The maximum absolute atomic E-state index is 13.5. The van der Waals surface area contributed by atoms with E-state index in [0.717, 1.165) is 29.5 Å². The summed E-state index contributed by atoms with van der Waals surface area (Å²) in [6.07, 6.45) is 1.39. The number of rotatable bonds is 5. The molecule has 0 aliphatic heterocycles. The van der Waals surface area contributed by atoms with E-state index in [4.69, 9.17) is 4.42 Å². The molecule has 3 rings (SSSR count). The summed E-state index contributed by atoms with van der Waals surface area (Å²) in [5, 5.41) is 4.35. The zero-order valence-electron chi connectivity index (χ0n) is 13.6. The molecule has 3 aromatic rings. The van der Waals surface area contributed by atoms with Gasteiger partial charge in [0, 0.05) is 10.9 Å². The van der Waals surface area contributed by atoms with Crippen LogP contribution in [0.2, 0.25) is 0 Å². The van der Waals surface area contributed by atoms with Gasteiger partial charge in [0.25, 0.3) is 0 Å². The van der Waals surface area contributed by atoms with Gasteiger partial charge in [0.15, 0.2) is 5.76 Å². The molecule has 2 N–H and O–H groups in total. The molecule has 2 amide bonds. The van der Waals surface area contributed by atoms with Crippen molar-refractivity contribution in [3.63, 3.8) is 0 Å². The highest BCUT2D eigenvalue weighted by atomic mass is 32.1. The van der Waals surface area contributed by atoms with E-state index < -0.39 is 29.1 Å². The molecule has 0 saturated heterocycles. The maximum Gasteiger partial charge on any atom is 0.313 e. The molecule has 138 valence electrons. The number of benzene rings is 1.